The molecular weight excluding hydrogens is 252 g/mol. The van der Waals surface area contributed by atoms with Crippen molar-refractivity contribution in [3.8, 4) is 11.4 Å². The molecule has 2 aromatic rings. The number of aliphatic hydroxyl groups excluding tert-OH is 1. The van der Waals surface area contributed by atoms with Crippen LogP contribution in [0.2, 0.25) is 0 Å². The predicted octanol–water partition coefficient (Wildman–Crippen LogP) is 1.78. The lowest BCUT2D eigenvalue weighted by Crippen LogP contribution is -2.23. The Bertz CT molecular complexity index is 592. The first-order valence-corrected chi connectivity index (χ1v) is 6.18. The van der Waals surface area contributed by atoms with E-state index in [0.717, 1.165) is 6.42 Å². The quantitative estimate of drug-likeness (QED) is 0.900. The number of aromatic nitrogens is 3. The lowest BCUT2D eigenvalue weighted by atomic mass is 10.00. The second-order valence-corrected chi connectivity index (χ2v) is 4.73. The number of rotatable bonds is 2. The minimum absolute atomic E-state index is 0.0524. The van der Waals surface area contributed by atoms with E-state index in [1.807, 2.05) is 0 Å². The van der Waals surface area contributed by atoms with Gasteiger partial charge in [-0.05, 0) is 18.6 Å². The first kappa shape index (κ1) is 12.2. The molecule has 1 aromatic heterocycles. The molecular formula is C13H13F2N3O. The number of hydrogen-bond donors (Lipinski definition) is 1. The first-order chi connectivity index (χ1) is 9.20. The van der Waals surface area contributed by atoms with Crippen LogP contribution in [0.4, 0.5) is 8.78 Å². The van der Waals surface area contributed by atoms with Crippen molar-refractivity contribution >= 4 is 0 Å². The van der Waals surface area contributed by atoms with Gasteiger partial charge in [0.1, 0.15) is 17.5 Å². The van der Waals surface area contributed by atoms with E-state index in [0.29, 0.717) is 18.8 Å². The summed E-state index contributed by atoms with van der Waals surface area (Å²) in [6, 6.07) is 3.72. The van der Waals surface area contributed by atoms with Gasteiger partial charge in [-0.2, -0.15) is 0 Å². The maximum absolute atomic E-state index is 13.8. The van der Waals surface area contributed by atoms with Crippen molar-refractivity contribution in [3.63, 3.8) is 0 Å². The van der Waals surface area contributed by atoms with Crippen LogP contribution in [-0.4, -0.2) is 26.5 Å². The molecule has 0 saturated carbocycles. The van der Waals surface area contributed by atoms with Gasteiger partial charge in [-0.3, -0.25) is 0 Å². The fourth-order valence-electron chi connectivity index (χ4n) is 2.44. The van der Waals surface area contributed by atoms with Crippen molar-refractivity contribution in [1.82, 2.24) is 14.8 Å². The Morgan fingerprint density at radius 1 is 1.26 bits per heavy atom. The maximum Gasteiger partial charge on any atom is 0.169 e. The molecule has 0 bridgehead atoms. The lowest BCUT2D eigenvalue weighted by Gasteiger charge is -2.22. The Labute approximate surface area is 108 Å². The summed E-state index contributed by atoms with van der Waals surface area (Å²) in [5.41, 5.74) is -0.153. The van der Waals surface area contributed by atoms with E-state index in [-0.39, 0.29) is 23.9 Å². The molecule has 1 N–H and O–H groups in total. The Morgan fingerprint density at radius 3 is 2.68 bits per heavy atom. The van der Waals surface area contributed by atoms with Crippen LogP contribution in [0.25, 0.3) is 11.4 Å². The molecule has 0 fully saturated rings. The second-order valence-electron chi connectivity index (χ2n) is 4.73. The van der Waals surface area contributed by atoms with E-state index >= 15 is 0 Å². The molecule has 1 aliphatic rings. The minimum atomic E-state index is -0.652. The van der Waals surface area contributed by atoms with Gasteiger partial charge < -0.3 is 9.67 Å². The Kier molecular flexibility index (Phi) is 3.02. The summed E-state index contributed by atoms with van der Waals surface area (Å²) in [4.78, 5) is 0. The molecule has 1 unspecified atom stereocenters. The lowest BCUT2D eigenvalue weighted by molar-refractivity contribution is 0.191. The van der Waals surface area contributed by atoms with E-state index in [1.54, 1.807) is 4.57 Å². The van der Waals surface area contributed by atoms with Crippen LogP contribution < -0.4 is 0 Å². The summed E-state index contributed by atoms with van der Waals surface area (Å²) in [5, 5.41) is 17.1. The average Bonchev–Trinajstić information content (AvgIpc) is 2.81. The highest BCUT2D eigenvalue weighted by Crippen LogP contribution is 2.28. The van der Waals surface area contributed by atoms with Crippen LogP contribution in [0, 0.1) is 17.6 Å². The molecule has 6 heteroatoms. The van der Waals surface area contributed by atoms with Gasteiger partial charge in [0.05, 0.1) is 5.56 Å². The molecule has 0 aliphatic carbocycles. The van der Waals surface area contributed by atoms with E-state index in [4.69, 9.17) is 0 Å². The molecule has 4 nitrogen and oxygen atoms in total. The van der Waals surface area contributed by atoms with Gasteiger partial charge in [0.2, 0.25) is 0 Å². The number of aryl methyl sites for hydroxylation is 1. The predicted molar refractivity (Wildman–Crippen MR) is 64.3 cm³/mol. The van der Waals surface area contributed by atoms with Gasteiger partial charge in [-0.15, -0.1) is 10.2 Å². The fraction of sp³-hybridized carbons (Fsp3) is 0.385. The molecule has 1 atom stereocenters. The number of aliphatic hydroxyl groups is 1. The van der Waals surface area contributed by atoms with Crippen molar-refractivity contribution < 1.29 is 13.9 Å². The van der Waals surface area contributed by atoms with E-state index < -0.39 is 11.6 Å². The number of halogens is 2. The highest BCUT2D eigenvalue weighted by atomic mass is 19.1. The summed E-state index contributed by atoms with van der Waals surface area (Å²) in [6.07, 6.45) is 1.47. The topological polar surface area (TPSA) is 50.9 Å². The van der Waals surface area contributed by atoms with Crippen LogP contribution in [0.15, 0.2) is 18.2 Å². The van der Waals surface area contributed by atoms with E-state index in [9.17, 15) is 13.9 Å². The average molecular weight is 265 g/mol. The Balaban J connectivity index is 2.10. The fourth-order valence-corrected chi connectivity index (χ4v) is 2.44. The molecule has 2 heterocycles. The van der Waals surface area contributed by atoms with Crippen molar-refractivity contribution in [2.24, 2.45) is 5.92 Å². The van der Waals surface area contributed by atoms with Gasteiger partial charge in [0, 0.05) is 25.5 Å². The Hall–Kier alpha value is -1.82. The van der Waals surface area contributed by atoms with Gasteiger partial charge in [-0.25, -0.2) is 8.78 Å². The van der Waals surface area contributed by atoms with Gasteiger partial charge in [-0.1, -0.05) is 6.07 Å². The number of benzene rings is 1. The smallest absolute Gasteiger partial charge is 0.169 e. The largest absolute Gasteiger partial charge is 0.396 e. The SMILES string of the molecule is OCC1CCc2nnc(-c3c(F)cccc3F)n2C1. The summed E-state index contributed by atoms with van der Waals surface area (Å²) in [5.74, 6) is -0.314. The van der Waals surface area contributed by atoms with Gasteiger partial charge in [0.25, 0.3) is 0 Å². The standard InChI is InChI=1S/C13H13F2N3O/c14-9-2-1-3-10(15)12(9)13-17-16-11-5-4-8(7-19)6-18(11)13/h1-3,8,19H,4-7H2. The molecule has 0 radical (unpaired) electrons. The first-order valence-electron chi connectivity index (χ1n) is 6.18. The monoisotopic (exact) mass is 265 g/mol. The van der Waals surface area contributed by atoms with Crippen LogP contribution in [0.1, 0.15) is 12.2 Å². The van der Waals surface area contributed by atoms with E-state index in [2.05, 4.69) is 10.2 Å². The molecule has 3 rings (SSSR count). The maximum atomic E-state index is 13.8. The highest BCUT2D eigenvalue weighted by Gasteiger charge is 2.25. The molecule has 0 spiro atoms. The zero-order valence-electron chi connectivity index (χ0n) is 10.2. The van der Waals surface area contributed by atoms with Crippen molar-refractivity contribution in [1.29, 1.82) is 0 Å². The third-order valence-corrected chi connectivity index (χ3v) is 3.49. The summed E-state index contributed by atoms with van der Waals surface area (Å²) < 4.78 is 29.3. The van der Waals surface area contributed by atoms with Crippen LogP contribution in [0.3, 0.4) is 0 Å². The molecule has 19 heavy (non-hydrogen) atoms. The number of fused-ring (bicyclic) bond motifs is 1. The number of hydrogen-bond acceptors (Lipinski definition) is 3. The third-order valence-electron chi connectivity index (χ3n) is 3.49. The molecule has 1 aromatic carbocycles. The van der Waals surface area contributed by atoms with E-state index in [1.165, 1.54) is 18.2 Å². The van der Waals surface area contributed by atoms with Crippen LogP contribution in [-0.2, 0) is 13.0 Å². The number of nitrogens with zero attached hydrogens (tertiary/aromatic N) is 3. The normalized spacial score (nSPS) is 18.4. The zero-order valence-corrected chi connectivity index (χ0v) is 10.2. The van der Waals surface area contributed by atoms with Gasteiger partial charge >= 0.3 is 0 Å². The summed E-state index contributed by atoms with van der Waals surface area (Å²) >= 11 is 0. The zero-order chi connectivity index (χ0) is 13.4. The van der Waals surface area contributed by atoms with Crippen LogP contribution >= 0.6 is 0 Å². The minimum Gasteiger partial charge on any atom is -0.396 e. The highest BCUT2D eigenvalue weighted by molar-refractivity contribution is 5.57. The van der Waals surface area contributed by atoms with Gasteiger partial charge in [0.15, 0.2) is 5.82 Å². The van der Waals surface area contributed by atoms with Crippen molar-refractivity contribution in [2.45, 2.75) is 19.4 Å². The molecule has 100 valence electrons. The second kappa shape index (κ2) is 4.70. The molecule has 0 saturated heterocycles. The van der Waals surface area contributed by atoms with Crippen molar-refractivity contribution in [2.75, 3.05) is 6.61 Å². The third kappa shape index (κ3) is 2.02. The molecule has 0 amide bonds. The van der Waals surface area contributed by atoms with Crippen molar-refractivity contribution in [3.05, 3.63) is 35.7 Å². The summed E-state index contributed by atoms with van der Waals surface area (Å²) in [7, 11) is 0. The molecule has 1 aliphatic heterocycles. The van der Waals surface area contributed by atoms with Crippen LogP contribution in [0.5, 0.6) is 0 Å². The summed E-state index contributed by atoms with van der Waals surface area (Å²) in [6.45, 7) is 0.540. The Morgan fingerprint density at radius 2 is 2.00 bits per heavy atom.